The van der Waals surface area contributed by atoms with Gasteiger partial charge in [-0.2, -0.15) is 0 Å². The average Bonchev–Trinajstić information content (AvgIpc) is 2.42. The van der Waals surface area contributed by atoms with Gasteiger partial charge in [-0.25, -0.2) is 13.2 Å². The van der Waals surface area contributed by atoms with E-state index in [1.165, 1.54) is 11.3 Å². The fourth-order valence-corrected chi connectivity index (χ4v) is 4.84. The molecule has 0 radical (unpaired) electrons. The fourth-order valence-electron chi connectivity index (χ4n) is 3.19. The third kappa shape index (κ3) is 3.82. The number of carbonyl (C=O) groups excluding carboxylic acids is 1. The lowest BCUT2D eigenvalue weighted by Gasteiger charge is -2.41. The largest absolute Gasteiger partial charge is 0.444 e. The predicted octanol–water partition coefficient (Wildman–Crippen LogP) is 2.93. The van der Waals surface area contributed by atoms with Crippen molar-refractivity contribution < 1.29 is 17.9 Å². The molecule has 0 bridgehead atoms. The summed E-state index contributed by atoms with van der Waals surface area (Å²) in [5.74, 6) is 0.743. The second-order valence-electron chi connectivity index (χ2n) is 8.23. The van der Waals surface area contributed by atoms with E-state index in [0.717, 1.165) is 24.7 Å². The number of hydrogen-bond acceptors (Lipinski definition) is 5. The molecule has 0 unspecified atom stereocenters. The minimum absolute atomic E-state index is 0.184. The number of rotatable bonds is 4. The molecule has 0 saturated carbocycles. The summed E-state index contributed by atoms with van der Waals surface area (Å²) >= 11 is 0. The van der Waals surface area contributed by atoms with Crippen LogP contribution in [0.3, 0.4) is 0 Å². The Hall–Kier alpha value is -1.76. The molecule has 1 amide bonds. The van der Waals surface area contributed by atoms with Crippen molar-refractivity contribution in [2.75, 3.05) is 31.1 Å². The van der Waals surface area contributed by atoms with Crippen LogP contribution in [-0.2, 0) is 14.6 Å². The van der Waals surface area contributed by atoms with Gasteiger partial charge < -0.3 is 14.5 Å². The van der Waals surface area contributed by atoms with E-state index in [-0.39, 0.29) is 13.1 Å². The van der Waals surface area contributed by atoms with Gasteiger partial charge >= 0.3 is 6.09 Å². The number of sulfone groups is 1. The standard InChI is InChI=1S/C19H28N2O4S/c1-5-14-10-20(11-14)15-6-8-16(9-7-15)26(23,24)17-12-21(13-17)18(22)25-19(2,3)4/h6-9,14,17H,5,10-13H2,1-4H3. The highest BCUT2D eigenvalue weighted by atomic mass is 32.2. The molecule has 0 spiro atoms. The number of nitrogens with zero attached hydrogens (tertiary/aromatic N) is 2. The molecule has 1 aromatic rings. The van der Waals surface area contributed by atoms with E-state index < -0.39 is 26.8 Å². The molecule has 2 aliphatic heterocycles. The normalized spacial score (nSPS) is 19.1. The maximum Gasteiger partial charge on any atom is 0.410 e. The first-order valence-electron chi connectivity index (χ1n) is 9.17. The molecule has 144 valence electrons. The van der Waals surface area contributed by atoms with E-state index >= 15 is 0 Å². The van der Waals surface area contributed by atoms with E-state index in [1.807, 2.05) is 12.1 Å². The van der Waals surface area contributed by atoms with Gasteiger partial charge in [-0.3, -0.25) is 0 Å². The smallest absolute Gasteiger partial charge is 0.410 e. The molecule has 26 heavy (non-hydrogen) atoms. The number of likely N-dealkylation sites (tertiary alicyclic amines) is 1. The van der Waals surface area contributed by atoms with E-state index in [9.17, 15) is 13.2 Å². The SMILES string of the molecule is CCC1CN(c2ccc(S(=O)(=O)C3CN(C(=O)OC(C)(C)C)C3)cc2)C1. The minimum Gasteiger partial charge on any atom is -0.444 e. The van der Waals surface area contributed by atoms with Gasteiger partial charge in [0.1, 0.15) is 10.9 Å². The average molecular weight is 381 g/mol. The predicted molar refractivity (Wildman–Crippen MR) is 101 cm³/mol. The monoisotopic (exact) mass is 380 g/mol. The molecule has 6 nitrogen and oxygen atoms in total. The molecule has 0 N–H and O–H groups in total. The van der Waals surface area contributed by atoms with Crippen LogP contribution >= 0.6 is 0 Å². The van der Waals surface area contributed by atoms with E-state index in [0.29, 0.717) is 4.90 Å². The van der Waals surface area contributed by atoms with Crippen LogP contribution in [-0.4, -0.2) is 56.4 Å². The van der Waals surface area contributed by atoms with Gasteiger partial charge in [-0.1, -0.05) is 6.92 Å². The summed E-state index contributed by atoms with van der Waals surface area (Å²) in [4.78, 5) is 16.0. The van der Waals surface area contributed by atoms with E-state index in [1.54, 1.807) is 32.9 Å². The zero-order valence-corrected chi connectivity index (χ0v) is 16.8. The van der Waals surface area contributed by atoms with Gasteiger partial charge in [-0.05, 0) is 57.4 Å². The Kier molecular flexibility index (Phi) is 4.94. The molecule has 3 rings (SSSR count). The Morgan fingerprint density at radius 2 is 1.69 bits per heavy atom. The zero-order valence-electron chi connectivity index (χ0n) is 15.9. The van der Waals surface area contributed by atoms with E-state index in [2.05, 4.69) is 11.8 Å². The van der Waals surface area contributed by atoms with Crippen LogP contribution in [0.2, 0.25) is 0 Å². The van der Waals surface area contributed by atoms with Crippen molar-refractivity contribution in [3.05, 3.63) is 24.3 Å². The van der Waals surface area contributed by atoms with Crippen molar-refractivity contribution >= 4 is 21.6 Å². The maximum atomic E-state index is 12.7. The van der Waals surface area contributed by atoms with Crippen molar-refractivity contribution in [2.24, 2.45) is 5.92 Å². The van der Waals surface area contributed by atoms with Crippen LogP contribution in [0.15, 0.2) is 29.2 Å². The highest BCUT2D eigenvalue weighted by molar-refractivity contribution is 7.92. The highest BCUT2D eigenvalue weighted by Gasteiger charge is 2.42. The molecule has 2 fully saturated rings. The third-order valence-electron chi connectivity index (χ3n) is 5.00. The molecule has 0 aliphatic carbocycles. The van der Waals surface area contributed by atoms with Crippen molar-refractivity contribution in [3.63, 3.8) is 0 Å². The number of benzene rings is 1. The maximum absolute atomic E-state index is 12.7. The van der Waals surface area contributed by atoms with Gasteiger partial charge in [0.05, 0.1) is 4.90 Å². The third-order valence-corrected chi connectivity index (χ3v) is 7.11. The summed E-state index contributed by atoms with van der Waals surface area (Å²) in [6, 6.07) is 7.12. The molecular weight excluding hydrogens is 352 g/mol. The highest BCUT2D eigenvalue weighted by Crippen LogP contribution is 2.30. The molecular formula is C19H28N2O4S. The number of carbonyl (C=O) groups is 1. The Morgan fingerprint density at radius 1 is 1.12 bits per heavy atom. The van der Waals surface area contributed by atoms with Crippen molar-refractivity contribution in [1.82, 2.24) is 4.90 Å². The number of anilines is 1. The number of hydrogen-bond donors (Lipinski definition) is 0. The molecule has 0 aromatic heterocycles. The van der Waals surface area contributed by atoms with Crippen LogP contribution in [0, 0.1) is 5.92 Å². The van der Waals surface area contributed by atoms with E-state index in [4.69, 9.17) is 4.74 Å². The first-order chi connectivity index (χ1) is 12.1. The molecule has 7 heteroatoms. The molecule has 2 aliphatic rings. The summed E-state index contributed by atoms with van der Waals surface area (Å²) in [5, 5.41) is -0.561. The lowest BCUT2D eigenvalue weighted by Crippen LogP contribution is -2.57. The van der Waals surface area contributed by atoms with Gasteiger partial charge in [0.25, 0.3) is 0 Å². The number of ether oxygens (including phenoxy) is 1. The molecule has 1 aromatic carbocycles. The van der Waals surface area contributed by atoms with Crippen LogP contribution in [0.5, 0.6) is 0 Å². The summed E-state index contributed by atoms with van der Waals surface area (Å²) in [6.07, 6.45) is 0.723. The molecule has 0 atom stereocenters. The topological polar surface area (TPSA) is 66.9 Å². The minimum atomic E-state index is -3.43. The van der Waals surface area contributed by atoms with Gasteiger partial charge in [0.15, 0.2) is 9.84 Å². The lowest BCUT2D eigenvalue weighted by atomic mass is 9.97. The van der Waals surface area contributed by atoms with Gasteiger partial charge in [0, 0.05) is 31.9 Å². The Bertz CT molecular complexity index is 756. The number of amides is 1. The first kappa shape index (κ1) is 19.0. The summed E-state index contributed by atoms with van der Waals surface area (Å²) in [5.41, 5.74) is 0.488. The zero-order chi connectivity index (χ0) is 19.1. The Balaban J connectivity index is 1.59. The first-order valence-corrected chi connectivity index (χ1v) is 10.7. The van der Waals surface area contributed by atoms with Gasteiger partial charge in [0.2, 0.25) is 0 Å². The van der Waals surface area contributed by atoms with Crippen LogP contribution in [0.1, 0.15) is 34.1 Å². The van der Waals surface area contributed by atoms with Crippen molar-refractivity contribution in [1.29, 1.82) is 0 Å². The quantitative estimate of drug-likeness (QED) is 0.803. The Labute approximate surface area is 156 Å². The molecule has 2 heterocycles. The van der Waals surface area contributed by atoms with Crippen molar-refractivity contribution in [2.45, 2.75) is 49.9 Å². The molecule has 2 saturated heterocycles. The second kappa shape index (κ2) is 6.76. The second-order valence-corrected chi connectivity index (χ2v) is 10.5. The summed E-state index contributed by atoms with van der Waals surface area (Å²) in [7, 11) is -3.43. The van der Waals surface area contributed by atoms with Crippen LogP contribution in [0.25, 0.3) is 0 Å². The summed E-state index contributed by atoms with van der Waals surface area (Å²) < 4.78 is 30.8. The van der Waals surface area contributed by atoms with Crippen molar-refractivity contribution in [3.8, 4) is 0 Å². The van der Waals surface area contributed by atoms with Crippen LogP contribution < -0.4 is 4.90 Å². The lowest BCUT2D eigenvalue weighted by molar-refractivity contribution is 0.0139. The summed E-state index contributed by atoms with van der Waals surface area (Å²) in [6.45, 7) is 10.0. The Morgan fingerprint density at radius 3 is 2.19 bits per heavy atom. The van der Waals surface area contributed by atoms with Gasteiger partial charge in [-0.15, -0.1) is 0 Å². The van der Waals surface area contributed by atoms with Crippen LogP contribution in [0.4, 0.5) is 10.5 Å². The fraction of sp³-hybridized carbons (Fsp3) is 0.632.